The number of fused-ring (bicyclic) bond motifs is 1. The van der Waals surface area contributed by atoms with Crippen molar-refractivity contribution in [3.05, 3.63) is 41.3 Å². The van der Waals surface area contributed by atoms with Crippen LogP contribution in [-0.2, 0) is 0 Å². The molecule has 0 bridgehead atoms. The molecule has 3 rings (SSSR count). The second kappa shape index (κ2) is 4.04. The van der Waals surface area contributed by atoms with Crippen LogP contribution < -0.4 is 5.32 Å². The molecule has 0 fully saturated rings. The van der Waals surface area contributed by atoms with Crippen LogP contribution in [0.5, 0.6) is 0 Å². The Kier molecular flexibility index (Phi) is 2.54. The van der Waals surface area contributed by atoms with Crippen LogP contribution in [-0.4, -0.2) is 13.1 Å². The van der Waals surface area contributed by atoms with Gasteiger partial charge in [-0.1, -0.05) is 31.2 Å². The number of hydrogen-bond acceptors (Lipinski definition) is 2. The zero-order chi connectivity index (χ0) is 11.0. The average Bonchev–Trinajstić information content (AvgIpc) is 2.77. The Morgan fingerprint density at radius 1 is 1.31 bits per heavy atom. The highest BCUT2D eigenvalue weighted by Gasteiger charge is 2.16. The van der Waals surface area contributed by atoms with E-state index in [2.05, 4.69) is 48.0 Å². The molecule has 1 unspecified atom stereocenters. The lowest BCUT2D eigenvalue weighted by Gasteiger charge is -2.22. The number of rotatable bonds is 1. The van der Waals surface area contributed by atoms with Gasteiger partial charge in [-0.25, -0.2) is 0 Å². The summed E-state index contributed by atoms with van der Waals surface area (Å²) in [4.78, 5) is 0. The van der Waals surface area contributed by atoms with Crippen molar-refractivity contribution in [3.63, 3.8) is 0 Å². The first kappa shape index (κ1) is 10.1. The molecule has 1 aliphatic rings. The zero-order valence-electron chi connectivity index (χ0n) is 9.36. The van der Waals surface area contributed by atoms with Gasteiger partial charge in [0, 0.05) is 17.8 Å². The average molecular weight is 229 g/mol. The minimum Gasteiger partial charge on any atom is -0.313 e. The summed E-state index contributed by atoms with van der Waals surface area (Å²) < 4.78 is 1.43. The second-order valence-electron chi connectivity index (χ2n) is 4.36. The van der Waals surface area contributed by atoms with E-state index in [1.807, 2.05) is 11.3 Å². The van der Waals surface area contributed by atoms with Crippen molar-refractivity contribution in [2.24, 2.45) is 5.92 Å². The predicted molar refractivity (Wildman–Crippen MR) is 71.8 cm³/mol. The van der Waals surface area contributed by atoms with Crippen molar-refractivity contribution in [3.8, 4) is 0 Å². The molecule has 2 heterocycles. The van der Waals surface area contributed by atoms with Gasteiger partial charge in [0.15, 0.2) is 0 Å². The maximum Gasteiger partial charge on any atom is 0.0417 e. The summed E-state index contributed by atoms with van der Waals surface area (Å²) >= 11 is 1.85. The van der Waals surface area contributed by atoms with E-state index in [4.69, 9.17) is 0 Å². The highest BCUT2D eigenvalue weighted by molar-refractivity contribution is 7.17. The van der Waals surface area contributed by atoms with Gasteiger partial charge in [-0.05, 0) is 33.9 Å². The van der Waals surface area contributed by atoms with Crippen LogP contribution >= 0.6 is 11.3 Å². The van der Waals surface area contributed by atoms with Crippen LogP contribution in [0.3, 0.4) is 0 Å². The van der Waals surface area contributed by atoms with E-state index in [-0.39, 0.29) is 0 Å². The Morgan fingerprint density at radius 2 is 2.25 bits per heavy atom. The molecule has 0 spiro atoms. The summed E-state index contributed by atoms with van der Waals surface area (Å²) in [6, 6.07) is 8.82. The van der Waals surface area contributed by atoms with Crippen LogP contribution in [0.1, 0.15) is 12.5 Å². The molecule has 0 saturated heterocycles. The van der Waals surface area contributed by atoms with Gasteiger partial charge >= 0.3 is 0 Å². The largest absolute Gasteiger partial charge is 0.313 e. The summed E-state index contributed by atoms with van der Waals surface area (Å²) in [5.41, 5.74) is 2.94. The lowest BCUT2D eigenvalue weighted by Crippen LogP contribution is -2.26. The van der Waals surface area contributed by atoms with Crippen LogP contribution in [0.4, 0.5) is 0 Å². The van der Waals surface area contributed by atoms with Crippen molar-refractivity contribution in [2.75, 3.05) is 13.1 Å². The Hall–Kier alpha value is -1.12. The van der Waals surface area contributed by atoms with Crippen LogP contribution in [0, 0.1) is 5.92 Å². The maximum atomic E-state index is 3.40. The third-order valence-electron chi connectivity index (χ3n) is 3.24. The van der Waals surface area contributed by atoms with E-state index in [9.17, 15) is 0 Å². The van der Waals surface area contributed by atoms with E-state index in [1.165, 1.54) is 21.2 Å². The van der Waals surface area contributed by atoms with Gasteiger partial charge in [0.05, 0.1) is 0 Å². The fraction of sp³-hybridized carbons (Fsp3) is 0.286. The minimum atomic E-state index is 0.612. The van der Waals surface area contributed by atoms with E-state index in [1.54, 1.807) is 0 Å². The summed E-state index contributed by atoms with van der Waals surface area (Å²) in [5, 5.41) is 6.95. The summed E-state index contributed by atoms with van der Waals surface area (Å²) in [6.45, 7) is 4.39. The molecule has 1 N–H and O–H groups in total. The highest BCUT2D eigenvalue weighted by Crippen LogP contribution is 2.33. The molecule has 1 nitrogen and oxygen atoms in total. The van der Waals surface area contributed by atoms with Gasteiger partial charge in [0.1, 0.15) is 0 Å². The Balaban J connectivity index is 2.18. The van der Waals surface area contributed by atoms with Crippen LogP contribution in [0.15, 0.2) is 35.7 Å². The smallest absolute Gasteiger partial charge is 0.0417 e. The third-order valence-corrected chi connectivity index (χ3v) is 4.20. The van der Waals surface area contributed by atoms with Crippen molar-refractivity contribution >= 4 is 27.0 Å². The summed E-state index contributed by atoms with van der Waals surface area (Å²) in [5.74, 6) is 0.612. The number of thiophene rings is 1. The highest BCUT2D eigenvalue weighted by atomic mass is 32.1. The minimum absolute atomic E-state index is 0.612. The molecule has 16 heavy (non-hydrogen) atoms. The van der Waals surface area contributed by atoms with E-state index in [0.29, 0.717) is 5.92 Å². The molecule has 1 aromatic carbocycles. The molecule has 2 heteroatoms. The normalized spacial score (nSPS) is 21.1. The molecule has 0 radical (unpaired) electrons. The lowest BCUT2D eigenvalue weighted by atomic mass is 9.91. The fourth-order valence-electron chi connectivity index (χ4n) is 2.39. The van der Waals surface area contributed by atoms with Gasteiger partial charge in [0.2, 0.25) is 0 Å². The molecule has 1 atom stereocenters. The molecular formula is C14H15NS. The topological polar surface area (TPSA) is 12.0 Å². The van der Waals surface area contributed by atoms with Crippen LogP contribution in [0.2, 0.25) is 0 Å². The van der Waals surface area contributed by atoms with Gasteiger partial charge in [-0.3, -0.25) is 0 Å². The quantitative estimate of drug-likeness (QED) is 0.789. The summed E-state index contributed by atoms with van der Waals surface area (Å²) in [7, 11) is 0. The van der Waals surface area contributed by atoms with E-state index >= 15 is 0 Å². The third kappa shape index (κ3) is 1.58. The first-order valence-electron chi connectivity index (χ1n) is 5.73. The van der Waals surface area contributed by atoms with Gasteiger partial charge in [-0.2, -0.15) is 0 Å². The van der Waals surface area contributed by atoms with Gasteiger partial charge in [-0.15, -0.1) is 11.3 Å². The molecular weight excluding hydrogens is 214 g/mol. The SMILES string of the molecule is CC1CNCC=C1c1cccc2ccsc12. The number of benzene rings is 1. The molecule has 1 aliphatic heterocycles. The maximum absolute atomic E-state index is 3.40. The number of hydrogen-bond donors (Lipinski definition) is 1. The van der Waals surface area contributed by atoms with Crippen molar-refractivity contribution in [2.45, 2.75) is 6.92 Å². The Bertz CT molecular complexity index is 538. The van der Waals surface area contributed by atoms with Crippen molar-refractivity contribution in [1.82, 2.24) is 5.32 Å². The Labute approximate surface area is 99.8 Å². The Morgan fingerprint density at radius 3 is 3.12 bits per heavy atom. The zero-order valence-corrected chi connectivity index (χ0v) is 10.2. The van der Waals surface area contributed by atoms with Gasteiger partial charge in [0.25, 0.3) is 0 Å². The van der Waals surface area contributed by atoms with Crippen LogP contribution in [0.25, 0.3) is 15.7 Å². The predicted octanol–water partition coefficient (Wildman–Crippen LogP) is 3.52. The van der Waals surface area contributed by atoms with Crippen molar-refractivity contribution < 1.29 is 0 Å². The first-order chi connectivity index (χ1) is 7.86. The first-order valence-corrected chi connectivity index (χ1v) is 6.61. The monoisotopic (exact) mass is 229 g/mol. The van der Waals surface area contributed by atoms with Crippen molar-refractivity contribution in [1.29, 1.82) is 0 Å². The standard InChI is InChI=1S/C14H15NS/c1-10-9-15-7-5-12(10)13-4-2-3-11-6-8-16-14(11)13/h2-6,8,10,15H,7,9H2,1H3. The molecule has 1 aromatic heterocycles. The van der Waals surface area contributed by atoms with Gasteiger partial charge < -0.3 is 5.32 Å². The molecule has 82 valence electrons. The second-order valence-corrected chi connectivity index (χ2v) is 5.28. The van der Waals surface area contributed by atoms with E-state index < -0.39 is 0 Å². The molecule has 0 aliphatic carbocycles. The fourth-order valence-corrected chi connectivity index (χ4v) is 3.32. The molecule has 0 saturated carbocycles. The molecule has 2 aromatic rings. The number of nitrogens with one attached hydrogen (secondary N) is 1. The van der Waals surface area contributed by atoms with E-state index in [0.717, 1.165) is 13.1 Å². The summed E-state index contributed by atoms with van der Waals surface area (Å²) in [6.07, 6.45) is 2.34. The lowest BCUT2D eigenvalue weighted by molar-refractivity contribution is 0.615. The molecule has 0 amide bonds.